The molecule has 0 saturated heterocycles. The van der Waals surface area contributed by atoms with Crippen LogP contribution in [0, 0.1) is 0 Å². The number of ether oxygens (including phenoxy) is 3. The Morgan fingerprint density at radius 2 is 2.17 bits per heavy atom. The van der Waals surface area contributed by atoms with E-state index in [1.165, 1.54) is 6.21 Å². The number of thiocarbonyl (C=S) groups is 1. The number of hydrogen-bond donors (Lipinski definition) is 2. The second-order valence-electron chi connectivity index (χ2n) is 4.69. The Bertz CT molecular complexity index is 559. The van der Waals surface area contributed by atoms with Crippen molar-refractivity contribution in [1.29, 1.82) is 0 Å². The predicted molar refractivity (Wildman–Crippen MR) is 92.0 cm³/mol. The van der Waals surface area contributed by atoms with Crippen molar-refractivity contribution < 1.29 is 23.0 Å². The third-order valence-corrected chi connectivity index (χ3v) is 2.89. The molecule has 0 fully saturated rings. The number of rotatable bonds is 9. The summed E-state index contributed by atoms with van der Waals surface area (Å²) in [7, 11) is 1.59. The monoisotopic (exact) mass is 361 g/mol. The van der Waals surface area contributed by atoms with Crippen molar-refractivity contribution in [1.82, 2.24) is 10.7 Å². The van der Waals surface area contributed by atoms with Gasteiger partial charge < -0.3 is 19.5 Å². The van der Waals surface area contributed by atoms with Crippen LogP contribution in [-0.2, 0) is 4.74 Å². The summed E-state index contributed by atoms with van der Waals surface area (Å²) in [6.45, 7) is 1.48. The fourth-order valence-electron chi connectivity index (χ4n) is 1.83. The fraction of sp³-hybridized carbons (Fsp3) is 0.467. The van der Waals surface area contributed by atoms with Crippen LogP contribution < -0.4 is 20.2 Å². The number of benzene rings is 1. The molecule has 1 aromatic rings. The first-order chi connectivity index (χ1) is 11.5. The summed E-state index contributed by atoms with van der Waals surface area (Å²) < 4.78 is 40.0. The van der Waals surface area contributed by atoms with E-state index in [1.54, 1.807) is 32.2 Å². The second-order valence-corrected chi connectivity index (χ2v) is 5.09. The maximum atomic E-state index is 12.6. The van der Waals surface area contributed by atoms with E-state index in [-0.39, 0.29) is 22.7 Å². The van der Waals surface area contributed by atoms with E-state index >= 15 is 0 Å². The molecule has 0 bridgehead atoms. The average molecular weight is 361 g/mol. The first kappa shape index (κ1) is 20.0. The van der Waals surface area contributed by atoms with Gasteiger partial charge in [-0.1, -0.05) is 6.07 Å². The molecule has 0 radical (unpaired) electrons. The lowest BCUT2D eigenvalue weighted by atomic mass is 10.2. The van der Waals surface area contributed by atoms with Crippen molar-refractivity contribution >= 4 is 23.5 Å². The molecule has 0 aromatic heterocycles. The minimum absolute atomic E-state index is 0.00390. The van der Waals surface area contributed by atoms with Crippen molar-refractivity contribution in [3.8, 4) is 11.5 Å². The van der Waals surface area contributed by atoms with Gasteiger partial charge in [0.05, 0.1) is 19.4 Å². The highest BCUT2D eigenvalue weighted by atomic mass is 32.1. The molecule has 0 saturated carbocycles. The number of methoxy groups -OCH3 is 1. The average Bonchev–Trinajstić information content (AvgIpc) is 2.50. The summed E-state index contributed by atoms with van der Waals surface area (Å²) in [5.41, 5.74) is 2.94. The van der Waals surface area contributed by atoms with Crippen LogP contribution in [0.15, 0.2) is 23.3 Å². The highest BCUT2D eigenvalue weighted by molar-refractivity contribution is 7.80. The zero-order valence-corrected chi connectivity index (χ0v) is 14.5. The van der Waals surface area contributed by atoms with Gasteiger partial charge in [-0.15, -0.1) is 0 Å². The Labute approximate surface area is 145 Å². The van der Waals surface area contributed by atoms with Crippen LogP contribution >= 0.6 is 12.2 Å². The van der Waals surface area contributed by atoms with E-state index in [0.717, 1.165) is 0 Å². The minimum atomic E-state index is -2.97. The van der Waals surface area contributed by atoms with Crippen molar-refractivity contribution in [3.63, 3.8) is 0 Å². The fourth-order valence-corrected chi connectivity index (χ4v) is 2.08. The molecular formula is C15H21F2N3O3S. The van der Waals surface area contributed by atoms with E-state index in [4.69, 9.17) is 21.7 Å². The number of hydrazone groups is 1. The molecule has 0 aliphatic heterocycles. The Morgan fingerprint density at radius 1 is 1.42 bits per heavy atom. The third-order valence-electron chi connectivity index (χ3n) is 2.68. The molecule has 0 heterocycles. The Balaban J connectivity index is 2.78. The van der Waals surface area contributed by atoms with Crippen molar-refractivity contribution in [3.05, 3.63) is 23.8 Å². The topological polar surface area (TPSA) is 64.1 Å². The van der Waals surface area contributed by atoms with Crippen LogP contribution in [0.4, 0.5) is 8.78 Å². The molecule has 0 amide bonds. The molecule has 1 aromatic carbocycles. The maximum Gasteiger partial charge on any atom is 0.387 e. The van der Waals surface area contributed by atoms with Gasteiger partial charge in [-0.25, -0.2) is 0 Å². The van der Waals surface area contributed by atoms with Gasteiger partial charge in [0.15, 0.2) is 16.6 Å². The van der Waals surface area contributed by atoms with Crippen LogP contribution in [0.25, 0.3) is 0 Å². The minimum Gasteiger partial charge on any atom is -0.490 e. The van der Waals surface area contributed by atoms with Gasteiger partial charge >= 0.3 is 6.61 Å². The lowest BCUT2D eigenvalue weighted by molar-refractivity contribution is -0.0515. The molecule has 1 rings (SSSR count). The van der Waals surface area contributed by atoms with Gasteiger partial charge in [0.1, 0.15) is 0 Å². The molecule has 24 heavy (non-hydrogen) atoms. The summed E-state index contributed by atoms with van der Waals surface area (Å²) in [5, 5.41) is 7.16. The number of halogens is 2. The molecule has 0 spiro atoms. The lowest BCUT2D eigenvalue weighted by Crippen LogP contribution is -2.40. The molecule has 2 N–H and O–H groups in total. The van der Waals surface area contributed by atoms with Gasteiger partial charge in [-0.3, -0.25) is 5.43 Å². The van der Waals surface area contributed by atoms with Crippen molar-refractivity contribution in [2.45, 2.75) is 26.5 Å². The Hall–Kier alpha value is -2.00. The number of alkyl halides is 2. The Kier molecular flexibility index (Phi) is 8.95. The summed E-state index contributed by atoms with van der Waals surface area (Å²) >= 11 is 5.06. The molecule has 6 nitrogen and oxygen atoms in total. The first-order valence-electron chi connectivity index (χ1n) is 7.27. The predicted octanol–water partition coefficient (Wildman–Crippen LogP) is 2.52. The standard InChI is InChI=1S/C15H21F2N3O3S/c1-4-22-12-7-5-6-11(13(12)23-14(16)17)8-18-20-15(24)19-10(2)9-21-3/h5-8,10,14H,4,9H2,1-3H3,(H2,19,20,24)/b18-8-/t10-/m0/s1. The van der Waals surface area contributed by atoms with Crippen LogP contribution in [0.1, 0.15) is 19.4 Å². The number of nitrogens with zero attached hydrogens (tertiary/aromatic N) is 1. The molecule has 0 unspecified atom stereocenters. The van der Waals surface area contributed by atoms with E-state index in [9.17, 15) is 8.78 Å². The van der Waals surface area contributed by atoms with Crippen LogP contribution in [0.2, 0.25) is 0 Å². The molecule has 0 aliphatic rings. The van der Waals surface area contributed by atoms with E-state index < -0.39 is 6.61 Å². The third kappa shape index (κ3) is 7.05. The van der Waals surface area contributed by atoms with Crippen LogP contribution in [0.5, 0.6) is 11.5 Å². The second kappa shape index (κ2) is 10.7. The lowest BCUT2D eigenvalue weighted by Gasteiger charge is -2.14. The number of para-hydroxylation sites is 1. The highest BCUT2D eigenvalue weighted by Gasteiger charge is 2.14. The maximum absolute atomic E-state index is 12.6. The van der Waals surface area contributed by atoms with Crippen LogP contribution in [0.3, 0.4) is 0 Å². The van der Waals surface area contributed by atoms with Gasteiger partial charge in [0.25, 0.3) is 0 Å². The van der Waals surface area contributed by atoms with E-state index in [2.05, 4.69) is 20.6 Å². The molecule has 0 aliphatic carbocycles. The van der Waals surface area contributed by atoms with E-state index in [0.29, 0.717) is 18.8 Å². The number of hydrogen-bond acceptors (Lipinski definition) is 5. The number of nitrogens with one attached hydrogen (secondary N) is 2. The molecule has 134 valence electrons. The van der Waals surface area contributed by atoms with Crippen LogP contribution in [-0.4, -0.2) is 44.3 Å². The Morgan fingerprint density at radius 3 is 2.79 bits per heavy atom. The van der Waals surface area contributed by atoms with Gasteiger partial charge in [0, 0.05) is 18.7 Å². The van der Waals surface area contributed by atoms with Gasteiger partial charge in [-0.2, -0.15) is 13.9 Å². The quantitative estimate of drug-likeness (QED) is 0.400. The van der Waals surface area contributed by atoms with Crippen molar-refractivity contribution in [2.75, 3.05) is 20.3 Å². The molecule has 1 atom stereocenters. The summed E-state index contributed by atoms with van der Waals surface area (Å²) in [6, 6.07) is 4.78. The molecule has 9 heteroatoms. The zero-order chi connectivity index (χ0) is 17.9. The van der Waals surface area contributed by atoms with Gasteiger partial charge in [-0.05, 0) is 38.2 Å². The highest BCUT2D eigenvalue weighted by Crippen LogP contribution is 2.31. The van der Waals surface area contributed by atoms with Crippen molar-refractivity contribution in [2.24, 2.45) is 5.10 Å². The van der Waals surface area contributed by atoms with Gasteiger partial charge in [0.2, 0.25) is 0 Å². The van der Waals surface area contributed by atoms with E-state index in [1.807, 2.05) is 6.92 Å². The first-order valence-corrected chi connectivity index (χ1v) is 7.67. The molecular weight excluding hydrogens is 340 g/mol. The largest absolute Gasteiger partial charge is 0.490 e. The smallest absolute Gasteiger partial charge is 0.387 e. The SMILES string of the molecule is CCOc1cccc(/C=N\NC(=S)N[C@@H](C)COC)c1OC(F)F. The zero-order valence-electron chi connectivity index (χ0n) is 13.7. The summed E-state index contributed by atoms with van der Waals surface area (Å²) in [6.07, 6.45) is 1.33. The summed E-state index contributed by atoms with van der Waals surface area (Å²) in [5.74, 6) is 0.141. The normalized spacial score (nSPS) is 12.2. The summed E-state index contributed by atoms with van der Waals surface area (Å²) in [4.78, 5) is 0.